The normalized spacial score (nSPS) is 22.1. The van der Waals surface area contributed by atoms with E-state index in [1.807, 2.05) is 7.05 Å². The summed E-state index contributed by atoms with van der Waals surface area (Å²) in [4.78, 5) is 14.2. The molecule has 0 atom stereocenters. The molecule has 1 amide bonds. The molecule has 0 spiro atoms. The van der Waals surface area contributed by atoms with Crippen molar-refractivity contribution in [2.75, 3.05) is 20.1 Å². The fourth-order valence-corrected chi connectivity index (χ4v) is 4.26. The molecule has 0 aromatic heterocycles. The first-order chi connectivity index (χ1) is 13.6. The predicted octanol–water partition coefficient (Wildman–Crippen LogP) is 5.89. The number of hydrogen-bond donors (Lipinski definition) is 1. The van der Waals surface area contributed by atoms with Crippen molar-refractivity contribution in [3.8, 4) is 5.75 Å². The molecule has 156 valence electrons. The van der Waals surface area contributed by atoms with Gasteiger partial charge < -0.3 is 15.0 Å². The Kier molecular flexibility index (Phi) is 8.47. The van der Waals surface area contributed by atoms with Crippen LogP contribution in [0.1, 0.15) is 64.2 Å². The highest BCUT2D eigenvalue weighted by Gasteiger charge is 2.27. The molecule has 2 fully saturated rings. The Labute approximate surface area is 175 Å². The van der Waals surface area contributed by atoms with E-state index in [9.17, 15) is 4.79 Å². The van der Waals surface area contributed by atoms with Gasteiger partial charge in [0.15, 0.2) is 0 Å². The molecule has 0 radical (unpaired) electrons. The Morgan fingerprint density at radius 3 is 2.39 bits per heavy atom. The number of amides is 1. The van der Waals surface area contributed by atoms with Crippen LogP contribution in [0.4, 0.5) is 4.79 Å². The maximum Gasteiger partial charge on any atom is 0.415 e. The van der Waals surface area contributed by atoms with Gasteiger partial charge in [0.2, 0.25) is 0 Å². The van der Waals surface area contributed by atoms with Gasteiger partial charge >= 0.3 is 6.09 Å². The van der Waals surface area contributed by atoms with Gasteiger partial charge in [-0.2, -0.15) is 0 Å². The van der Waals surface area contributed by atoms with E-state index < -0.39 is 0 Å². The van der Waals surface area contributed by atoms with E-state index in [1.54, 1.807) is 29.2 Å². The summed E-state index contributed by atoms with van der Waals surface area (Å²) in [6, 6.07) is 7.22. The second-order valence-corrected chi connectivity index (χ2v) is 9.04. The molecule has 3 rings (SSSR count). The lowest BCUT2D eigenvalue weighted by molar-refractivity contribution is 0.123. The van der Waals surface area contributed by atoms with Crippen molar-refractivity contribution < 1.29 is 9.53 Å². The second-order valence-electron chi connectivity index (χ2n) is 8.60. The maximum absolute atomic E-state index is 12.4. The van der Waals surface area contributed by atoms with Gasteiger partial charge in [0.1, 0.15) is 5.75 Å². The SMILES string of the molecule is CN(C(=O)Oc1ccc(Cl)cc1)C1CCC(CCCCCNCC2CC2)CC1. The zero-order chi connectivity index (χ0) is 19.8. The predicted molar refractivity (Wildman–Crippen MR) is 115 cm³/mol. The molecule has 2 saturated carbocycles. The minimum Gasteiger partial charge on any atom is -0.410 e. The number of unbranched alkanes of at least 4 members (excludes halogenated alkanes) is 2. The van der Waals surface area contributed by atoms with Crippen LogP contribution in [0.25, 0.3) is 0 Å². The van der Waals surface area contributed by atoms with Crippen molar-refractivity contribution in [1.29, 1.82) is 0 Å². The Morgan fingerprint density at radius 2 is 1.71 bits per heavy atom. The van der Waals surface area contributed by atoms with Gasteiger partial charge in [-0.05, 0) is 94.1 Å². The Hall–Kier alpha value is -1.26. The fourth-order valence-electron chi connectivity index (χ4n) is 4.13. The lowest BCUT2D eigenvalue weighted by Gasteiger charge is -2.34. The number of nitrogens with zero attached hydrogens (tertiary/aromatic N) is 1. The molecule has 1 aromatic rings. The first-order valence-electron chi connectivity index (χ1n) is 11.0. The molecule has 1 N–H and O–H groups in total. The number of carbonyl (C=O) groups is 1. The summed E-state index contributed by atoms with van der Waals surface area (Å²) < 4.78 is 5.46. The van der Waals surface area contributed by atoms with Crippen LogP contribution in [0.3, 0.4) is 0 Å². The molecule has 0 heterocycles. The number of ether oxygens (including phenoxy) is 1. The second kappa shape index (κ2) is 11.1. The van der Waals surface area contributed by atoms with Crippen molar-refractivity contribution in [2.24, 2.45) is 11.8 Å². The number of rotatable bonds is 10. The number of nitrogens with one attached hydrogen (secondary N) is 1. The number of hydrogen-bond acceptors (Lipinski definition) is 3. The van der Waals surface area contributed by atoms with Crippen LogP contribution in [0, 0.1) is 11.8 Å². The lowest BCUT2D eigenvalue weighted by atomic mass is 9.82. The van der Waals surface area contributed by atoms with E-state index in [0.29, 0.717) is 16.8 Å². The van der Waals surface area contributed by atoms with E-state index in [0.717, 1.165) is 24.7 Å². The summed E-state index contributed by atoms with van der Waals surface area (Å²) in [5.74, 6) is 2.36. The summed E-state index contributed by atoms with van der Waals surface area (Å²) in [6.07, 6.45) is 12.5. The summed E-state index contributed by atoms with van der Waals surface area (Å²) >= 11 is 5.87. The molecule has 5 heteroatoms. The van der Waals surface area contributed by atoms with E-state index in [1.165, 1.54) is 64.5 Å². The zero-order valence-electron chi connectivity index (χ0n) is 17.2. The molecule has 1 aromatic carbocycles. The third-order valence-corrected chi connectivity index (χ3v) is 6.52. The topological polar surface area (TPSA) is 41.6 Å². The quantitative estimate of drug-likeness (QED) is 0.492. The molecule has 4 nitrogen and oxygen atoms in total. The van der Waals surface area contributed by atoms with E-state index in [-0.39, 0.29) is 6.09 Å². The van der Waals surface area contributed by atoms with Crippen molar-refractivity contribution in [3.05, 3.63) is 29.3 Å². The van der Waals surface area contributed by atoms with Crippen molar-refractivity contribution in [1.82, 2.24) is 10.2 Å². The van der Waals surface area contributed by atoms with Gasteiger partial charge in [-0.3, -0.25) is 0 Å². The molecule has 2 aliphatic carbocycles. The van der Waals surface area contributed by atoms with Crippen LogP contribution >= 0.6 is 11.6 Å². The molecular formula is C23H35ClN2O2. The maximum atomic E-state index is 12.4. The summed E-state index contributed by atoms with van der Waals surface area (Å²) in [7, 11) is 1.86. The van der Waals surface area contributed by atoms with Crippen LogP contribution in [0.15, 0.2) is 24.3 Å². The highest BCUT2D eigenvalue weighted by molar-refractivity contribution is 6.30. The van der Waals surface area contributed by atoms with Crippen molar-refractivity contribution in [3.63, 3.8) is 0 Å². The fraction of sp³-hybridized carbons (Fsp3) is 0.696. The van der Waals surface area contributed by atoms with Gasteiger partial charge in [-0.1, -0.05) is 30.9 Å². The van der Waals surface area contributed by atoms with Gasteiger partial charge in [0.25, 0.3) is 0 Å². The smallest absolute Gasteiger partial charge is 0.410 e. The average molecular weight is 407 g/mol. The van der Waals surface area contributed by atoms with Gasteiger partial charge in [0.05, 0.1) is 0 Å². The highest BCUT2D eigenvalue weighted by atomic mass is 35.5. The molecule has 2 aliphatic rings. The first-order valence-corrected chi connectivity index (χ1v) is 11.4. The van der Waals surface area contributed by atoms with Gasteiger partial charge in [0, 0.05) is 18.1 Å². The average Bonchev–Trinajstić information content (AvgIpc) is 3.53. The monoisotopic (exact) mass is 406 g/mol. The number of benzene rings is 1. The molecule has 0 saturated heterocycles. The zero-order valence-corrected chi connectivity index (χ0v) is 17.9. The van der Waals surface area contributed by atoms with E-state index in [2.05, 4.69) is 5.32 Å². The van der Waals surface area contributed by atoms with E-state index >= 15 is 0 Å². The number of carbonyl (C=O) groups excluding carboxylic acids is 1. The summed E-state index contributed by atoms with van der Waals surface area (Å²) in [6.45, 7) is 2.42. The molecule has 28 heavy (non-hydrogen) atoms. The molecular weight excluding hydrogens is 372 g/mol. The standard InChI is InChI=1S/C23H35ClN2O2/c1-26(23(27)28-22-14-10-20(24)11-15-22)21-12-8-18(9-13-21)5-3-2-4-16-25-17-19-6-7-19/h10-11,14-15,18-19,21,25H,2-9,12-13,16-17H2,1H3. The molecule has 0 aliphatic heterocycles. The van der Waals surface area contributed by atoms with Crippen LogP contribution in [-0.2, 0) is 0 Å². The molecule has 0 bridgehead atoms. The van der Waals surface area contributed by atoms with Crippen LogP contribution in [0.2, 0.25) is 5.02 Å². The summed E-state index contributed by atoms with van der Waals surface area (Å²) in [5, 5.41) is 4.22. The van der Waals surface area contributed by atoms with Crippen LogP contribution in [-0.4, -0.2) is 37.2 Å². The molecule has 0 unspecified atom stereocenters. The third-order valence-electron chi connectivity index (χ3n) is 6.27. The highest BCUT2D eigenvalue weighted by Crippen LogP contribution is 2.31. The van der Waals surface area contributed by atoms with Gasteiger partial charge in [-0.25, -0.2) is 4.79 Å². The summed E-state index contributed by atoms with van der Waals surface area (Å²) in [5.41, 5.74) is 0. The minimum absolute atomic E-state index is 0.274. The van der Waals surface area contributed by atoms with Crippen molar-refractivity contribution in [2.45, 2.75) is 70.3 Å². The van der Waals surface area contributed by atoms with Gasteiger partial charge in [-0.15, -0.1) is 0 Å². The third kappa shape index (κ3) is 7.29. The minimum atomic E-state index is -0.274. The van der Waals surface area contributed by atoms with Crippen LogP contribution < -0.4 is 10.1 Å². The largest absolute Gasteiger partial charge is 0.415 e. The van der Waals surface area contributed by atoms with Crippen molar-refractivity contribution >= 4 is 17.7 Å². The Bertz CT molecular complexity index is 595. The first kappa shape index (κ1) is 21.4. The van der Waals surface area contributed by atoms with Crippen LogP contribution in [0.5, 0.6) is 5.75 Å². The Morgan fingerprint density at radius 1 is 1.04 bits per heavy atom. The lowest BCUT2D eigenvalue weighted by Crippen LogP contribution is -2.41. The Balaban J connectivity index is 1.26. The van der Waals surface area contributed by atoms with E-state index in [4.69, 9.17) is 16.3 Å². The number of halogens is 1.